The van der Waals surface area contributed by atoms with Gasteiger partial charge in [0.15, 0.2) is 0 Å². The second-order valence-corrected chi connectivity index (χ2v) is 12.5. The lowest BCUT2D eigenvalue weighted by Crippen LogP contribution is -2.32. The third kappa shape index (κ3) is 6.03. The molecule has 1 fully saturated rings. The molecule has 44 heavy (non-hydrogen) atoms. The number of sulfonamides is 1. The first-order chi connectivity index (χ1) is 21.1. The second-order valence-electron chi connectivity index (χ2n) is 10.8. The molecule has 1 saturated carbocycles. The largest absolute Gasteiger partial charge is 0.416 e. The molecule has 2 atom stereocenters. The third-order valence-corrected chi connectivity index (χ3v) is 9.20. The number of amides is 1. The van der Waals surface area contributed by atoms with E-state index in [1.165, 1.54) is 35.3 Å². The number of halogens is 3. The molecular weight excluding hydrogens is 587 g/mol. The summed E-state index contributed by atoms with van der Waals surface area (Å²) in [6.45, 7) is 0. The Labute approximate surface area is 253 Å². The van der Waals surface area contributed by atoms with E-state index in [0.29, 0.717) is 0 Å². The third-order valence-electron chi connectivity index (χ3n) is 7.82. The molecular formula is C34H28F3N3O3S. The number of anilines is 1. The first-order valence-electron chi connectivity index (χ1n) is 14.1. The van der Waals surface area contributed by atoms with Crippen LogP contribution in [0.25, 0.3) is 6.08 Å². The van der Waals surface area contributed by atoms with Crippen molar-refractivity contribution in [1.82, 2.24) is 5.01 Å². The van der Waals surface area contributed by atoms with E-state index >= 15 is 0 Å². The zero-order valence-corrected chi connectivity index (χ0v) is 24.2. The number of nitrogens with one attached hydrogen (secondary N) is 1. The quantitative estimate of drug-likeness (QED) is 0.239. The lowest BCUT2D eigenvalue weighted by Gasteiger charge is -2.29. The normalized spacial score (nSPS) is 19.4. The standard InChI is InChI=1S/C34H28F3N3O3S/c35-34(36,37)27-16-9-17-28(22-27)39-44(42,43)29-18-7-15-26(21-29)33(41)40-32(24-12-5-2-6-13-24)30-19-8-14-25(31(30)38-40)20-23-10-3-1-4-11-23/h1-7,9-13,15-18,20-22,30,32,39H,8,14,19H2/b25-20+. The monoisotopic (exact) mass is 615 g/mol. The Morgan fingerprint density at radius 2 is 1.59 bits per heavy atom. The van der Waals surface area contributed by atoms with Crippen molar-refractivity contribution in [2.75, 3.05) is 4.72 Å². The molecule has 10 heteroatoms. The maximum atomic E-state index is 14.1. The van der Waals surface area contributed by atoms with Crippen molar-refractivity contribution in [2.45, 2.75) is 36.4 Å². The molecule has 1 N–H and O–H groups in total. The molecule has 0 bridgehead atoms. The number of hydrazone groups is 1. The topological polar surface area (TPSA) is 78.8 Å². The van der Waals surface area contributed by atoms with Gasteiger partial charge in [0.1, 0.15) is 0 Å². The molecule has 6 rings (SSSR count). The van der Waals surface area contributed by atoms with Gasteiger partial charge in [0.25, 0.3) is 15.9 Å². The Hall–Kier alpha value is -4.70. The smallest absolute Gasteiger partial charge is 0.280 e. The fourth-order valence-corrected chi connectivity index (χ4v) is 6.90. The number of carbonyl (C=O) groups is 1. The Morgan fingerprint density at radius 3 is 2.32 bits per heavy atom. The van der Waals surface area contributed by atoms with E-state index in [1.807, 2.05) is 60.7 Å². The van der Waals surface area contributed by atoms with Crippen molar-refractivity contribution in [3.63, 3.8) is 0 Å². The summed E-state index contributed by atoms with van der Waals surface area (Å²) in [5.74, 6) is -0.518. The molecule has 1 aliphatic carbocycles. The van der Waals surface area contributed by atoms with Crippen molar-refractivity contribution in [3.8, 4) is 0 Å². The van der Waals surface area contributed by atoms with Crippen molar-refractivity contribution in [2.24, 2.45) is 11.0 Å². The van der Waals surface area contributed by atoms with Gasteiger partial charge in [0.05, 0.1) is 22.2 Å². The lowest BCUT2D eigenvalue weighted by molar-refractivity contribution is -0.137. The maximum Gasteiger partial charge on any atom is 0.416 e. The Bertz CT molecular complexity index is 1860. The van der Waals surface area contributed by atoms with Crippen LogP contribution in [0.15, 0.2) is 125 Å². The number of nitrogens with zero attached hydrogens (tertiary/aromatic N) is 2. The summed E-state index contributed by atoms with van der Waals surface area (Å²) in [6.07, 6.45) is 0.0658. The summed E-state index contributed by atoms with van der Waals surface area (Å²) in [5, 5.41) is 6.32. The van der Waals surface area contributed by atoms with Crippen LogP contribution >= 0.6 is 0 Å². The summed E-state index contributed by atoms with van der Waals surface area (Å²) >= 11 is 0. The van der Waals surface area contributed by atoms with Gasteiger partial charge in [-0.3, -0.25) is 9.52 Å². The van der Waals surface area contributed by atoms with Crippen molar-refractivity contribution in [1.29, 1.82) is 0 Å². The average Bonchev–Trinajstić information content (AvgIpc) is 3.42. The summed E-state index contributed by atoms with van der Waals surface area (Å²) < 4.78 is 68.2. The van der Waals surface area contributed by atoms with Gasteiger partial charge >= 0.3 is 6.18 Å². The Balaban J connectivity index is 1.34. The average molecular weight is 616 g/mol. The summed E-state index contributed by atoms with van der Waals surface area (Å²) in [7, 11) is -4.32. The molecule has 0 aromatic heterocycles. The number of rotatable bonds is 6. The number of fused-ring (bicyclic) bond motifs is 1. The highest BCUT2D eigenvalue weighted by Gasteiger charge is 2.44. The minimum absolute atomic E-state index is 0.0421. The zero-order valence-electron chi connectivity index (χ0n) is 23.4. The number of benzene rings is 4. The number of hydrogen-bond donors (Lipinski definition) is 1. The molecule has 1 amide bonds. The van der Waals surface area contributed by atoms with Gasteiger partial charge in [0.2, 0.25) is 0 Å². The highest BCUT2D eigenvalue weighted by atomic mass is 32.2. The van der Waals surface area contributed by atoms with Gasteiger partial charge in [-0.05, 0) is 78.4 Å². The molecule has 224 valence electrons. The molecule has 4 aromatic carbocycles. The van der Waals surface area contributed by atoms with Gasteiger partial charge in [-0.15, -0.1) is 0 Å². The highest BCUT2D eigenvalue weighted by Crippen LogP contribution is 2.45. The van der Waals surface area contributed by atoms with Crippen LogP contribution < -0.4 is 4.72 Å². The van der Waals surface area contributed by atoms with Gasteiger partial charge in [-0.2, -0.15) is 18.3 Å². The van der Waals surface area contributed by atoms with Crippen molar-refractivity contribution >= 4 is 33.4 Å². The van der Waals surface area contributed by atoms with E-state index in [9.17, 15) is 26.4 Å². The van der Waals surface area contributed by atoms with Crippen molar-refractivity contribution in [3.05, 3.63) is 137 Å². The fourth-order valence-electron chi connectivity index (χ4n) is 5.80. The second kappa shape index (κ2) is 11.8. The predicted octanol–water partition coefficient (Wildman–Crippen LogP) is 7.94. The maximum absolute atomic E-state index is 14.1. The van der Waals surface area contributed by atoms with Gasteiger partial charge in [-0.1, -0.05) is 72.8 Å². The predicted molar refractivity (Wildman–Crippen MR) is 163 cm³/mol. The lowest BCUT2D eigenvalue weighted by atomic mass is 9.77. The van der Waals surface area contributed by atoms with Crippen LogP contribution in [0.5, 0.6) is 0 Å². The molecule has 0 saturated heterocycles. The first-order valence-corrected chi connectivity index (χ1v) is 15.6. The van der Waals surface area contributed by atoms with Crippen LogP contribution in [-0.4, -0.2) is 25.0 Å². The van der Waals surface area contributed by atoms with Crippen LogP contribution in [0.3, 0.4) is 0 Å². The van der Waals surface area contributed by atoms with E-state index in [0.717, 1.165) is 59.9 Å². The van der Waals surface area contributed by atoms with E-state index in [-0.39, 0.29) is 28.1 Å². The SMILES string of the molecule is O=C(c1cccc(S(=O)(=O)Nc2cccc(C(F)(F)F)c2)c1)N1N=C2/C(=C/c3ccccc3)CCCC2C1c1ccccc1. The number of hydrogen-bond acceptors (Lipinski definition) is 4. The molecule has 0 radical (unpaired) electrons. The fraction of sp³-hybridized carbons (Fsp3) is 0.176. The van der Waals surface area contributed by atoms with E-state index in [2.05, 4.69) is 10.8 Å². The molecule has 2 unspecified atom stereocenters. The van der Waals surface area contributed by atoms with Gasteiger partial charge < -0.3 is 0 Å². The molecule has 1 heterocycles. The van der Waals surface area contributed by atoms with Crippen LogP contribution in [0.2, 0.25) is 0 Å². The van der Waals surface area contributed by atoms with Crippen LogP contribution in [0.1, 0.15) is 52.4 Å². The highest BCUT2D eigenvalue weighted by molar-refractivity contribution is 7.92. The zero-order chi connectivity index (χ0) is 30.9. The number of alkyl halides is 3. The Kier molecular flexibility index (Phi) is 7.85. The van der Waals surface area contributed by atoms with Crippen LogP contribution in [0, 0.1) is 5.92 Å². The summed E-state index contributed by atoms with van der Waals surface area (Å²) in [6, 6.07) is 28.6. The summed E-state index contributed by atoms with van der Waals surface area (Å²) in [5.41, 5.74) is 2.73. The van der Waals surface area contributed by atoms with Gasteiger partial charge in [0, 0.05) is 17.2 Å². The molecule has 4 aromatic rings. The minimum Gasteiger partial charge on any atom is -0.280 e. The first kappa shape index (κ1) is 29.4. The number of carbonyl (C=O) groups excluding carboxylic acids is 1. The van der Waals surface area contributed by atoms with E-state index in [1.54, 1.807) is 0 Å². The van der Waals surface area contributed by atoms with Crippen molar-refractivity contribution < 1.29 is 26.4 Å². The minimum atomic E-state index is -4.63. The molecule has 0 spiro atoms. The summed E-state index contributed by atoms with van der Waals surface area (Å²) in [4.78, 5) is 13.8. The number of allylic oxidation sites excluding steroid dienone is 1. The van der Waals surface area contributed by atoms with Crippen LogP contribution in [-0.2, 0) is 16.2 Å². The van der Waals surface area contributed by atoms with Gasteiger partial charge in [-0.25, -0.2) is 13.4 Å². The van der Waals surface area contributed by atoms with E-state index in [4.69, 9.17) is 5.10 Å². The molecule has 2 aliphatic rings. The van der Waals surface area contributed by atoms with Crippen LogP contribution in [0.4, 0.5) is 18.9 Å². The molecule has 6 nitrogen and oxygen atoms in total. The molecule has 1 aliphatic heterocycles. The van der Waals surface area contributed by atoms with E-state index < -0.39 is 27.7 Å². The Morgan fingerprint density at radius 1 is 0.886 bits per heavy atom.